The number of nitro benzene ring substituents is 1. The lowest BCUT2D eigenvalue weighted by atomic mass is 9.96. The first-order valence-corrected chi connectivity index (χ1v) is 10.7. The van der Waals surface area contributed by atoms with Crippen LogP contribution in [0.15, 0.2) is 24.3 Å². The Bertz CT molecular complexity index is 869. The maximum atomic E-state index is 11.6. The first-order chi connectivity index (χ1) is 16.5. The van der Waals surface area contributed by atoms with Crippen molar-refractivity contribution >= 4 is 11.6 Å². The van der Waals surface area contributed by atoms with Gasteiger partial charge < -0.3 is 54.9 Å². The van der Waals surface area contributed by atoms with Gasteiger partial charge in [0.15, 0.2) is 6.29 Å². The van der Waals surface area contributed by atoms with E-state index in [4.69, 9.17) is 18.9 Å². The van der Waals surface area contributed by atoms with Crippen molar-refractivity contribution in [2.75, 3.05) is 13.2 Å². The second-order valence-electron chi connectivity index (χ2n) is 8.15. The van der Waals surface area contributed by atoms with Crippen molar-refractivity contribution < 1.29 is 59.3 Å². The average molecular weight is 504 g/mol. The summed E-state index contributed by atoms with van der Waals surface area (Å²) in [6.07, 6.45) is -13.6. The van der Waals surface area contributed by atoms with Crippen LogP contribution in [0, 0.1) is 10.1 Å². The Labute approximate surface area is 198 Å². The quantitative estimate of drug-likeness (QED) is 0.136. The van der Waals surface area contributed by atoms with Crippen molar-refractivity contribution in [1.29, 1.82) is 0 Å². The normalized spacial score (nSPS) is 37.5. The van der Waals surface area contributed by atoms with E-state index in [1.807, 2.05) is 0 Å². The van der Waals surface area contributed by atoms with E-state index >= 15 is 0 Å². The van der Waals surface area contributed by atoms with Crippen molar-refractivity contribution in [2.45, 2.75) is 68.3 Å². The summed E-state index contributed by atoms with van der Waals surface area (Å²) in [5.74, 6) is -0.452. The van der Waals surface area contributed by atoms with Gasteiger partial charge in [-0.25, -0.2) is 0 Å². The Morgan fingerprint density at radius 2 is 1.57 bits per heavy atom. The van der Waals surface area contributed by atoms with E-state index in [-0.39, 0.29) is 11.4 Å². The molecule has 2 heterocycles. The second kappa shape index (κ2) is 11.5. The van der Waals surface area contributed by atoms with E-state index in [9.17, 15) is 45.5 Å². The third kappa shape index (κ3) is 6.21. The van der Waals surface area contributed by atoms with E-state index in [0.717, 1.165) is 0 Å². The van der Waals surface area contributed by atoms with Gasteiger partial charge in [-0.1, -0.05) is 0 Å². The van der Waals surface area contributed by atoms with Crippen LogP contribution in [-0.2, 0) is 19.0 Å². The van der Waals surface area contributed by atoms with Gasteiger partial charge in [-0.05, 0) is 12.1 Å². The lowest BCUT2D eigenvalue weighted by Gasteiger charge is -2.44. The highest BCUT2D eigenvalue weighted by molar-refractivity contribution is 5.73. The van der Waals surface area contributed by atoms with Gasteiger partial charge in [0.25, 0.3) is 5.69 Å². The molecule has 2 aliphatic rings. The highest BCUT2D eigenvalue weighted by Crippen LogP contribution is 2.28. The summed E-state index contributed by atoms with van der Waals surface area (Å²) in [5.41, 5.74) is -0.193. The van der Waals surface area contributed by atoms with E-state index < -0.39 is 85.4 Å². The van der Waals surface area contributed by atoms with Crippen molar-refractivity contribution in [1.82, 2.24) is 5.32 Å². The summed E-state index contributed by atoms with van der Waals surface area (Å²) in [4.78, 5) is 21.9. The minimum absolute atomic E-state index is 0.105. The van der Waals surface area contributed by atoms with Gasteiger partial charge in [0.05, 0.1) is 18.1 Å². The number of non-ortho nitro benzene ring substituents is 1. The summed E-state index contributed by atoms with van der Waals surface area (Å²) >= 11 is 0. The zero-order valence-corrected chi connectivity index (χ0v) is 18.5. The monoisotopic (exact) mass is 504 g/mol. The minimum Gasteiger partial charge on any atom is -0.463 e. The predicted molar refractivity (Wildman–Crippen MR) is 112 cm³/mol. The Morgan fingerprint density at radius 3 is 2.14 bits per heavy atom. The molecule has 0 aromatic heterocycles. The number of benzene rings is 1. The van der Waals surface area contributed by atoms with Crippen LogP contribution in [0.1, 0.15) is 6.92 Å². The molecule has 15 heteroatoms. The predicted octanol–water partition coefficient (Wildman–Crippen LogP) is -3.26. The fraction of sp³-hybridized carbons (Fsp3) is 0.650. The first kappa shape index (κ1) is 27.1. The largest absolute Gasteiger partial charge is 0.463 e. The lowest BCUT2D eigenvalue weighted by molar-refractivity contribution is -0.384. The molecule has 0 radical (unpaired) electrons. The molecule has 3 rings (SSSR count). The molecular formula is C20H28N2O13. The van der Waals surface area contributed by atoms with Gasteiger partial charge in [-0.3, -0.25) is 14.9 Å². The number of hydrogen-bond acceptors (Lipinski definition) is 13. The molecule has 15 nitrogen and oxygen atoms in total. The third-order valence-electron chi connectivity index (χ3n) is 5.64. The highest BCUT2D eigenvalue weighted by atomic mass is 16.7. The smallest absolute Gasteiger partial charge is 0.269 e. The van der Waals surface area contributed by atoms with Gasteiger partial charge in [-0.15, -0.1) is 0 Å². The number of aliphatic hydroxyl groups is 6. The summed E-state index contributed by atoms with van der Waals surface area (Å²) in [5, 5.41) is 73.5. The third-order valence-corrected chi connectivity index (χ3v) is 5.64. The van der Waals surface area contributed by atoms with Crippen LogP contribution in [0.4, 0.5) is 5.69 Å². The molecule has 10 atom stereocenters. The number of carbonyl (C=O) groups is 1. The Kier molecular flexibility index (Phi) is 8.92. The Balaban J connectivity index is 1.72. The van der Waals surface area contributed by atoms with Crippen LogP contribution in [0.3, 0.4) is 0 Å². The Hall–Kier alpha value is -2.47. The fourth-order valence-corrected chi connectivity index (χ4v) is 3.73. The molecule has 1 amide bonds. The lowest BCUT2D eigenvalue weighted by Crippen LogP contribution is -2.66. The number of rotatable bonds is 8. The maximum Gasteiger partial charge on any atom is 0.269 e. The molecular weight excluding hydrogens is 476 g/mol. The number of aliphatic hydroxyl groups excluding tert-OH is 6. The van der Waals surface area contributed by atoms with Crippen molar-refractivity contribution in [3.05, 3.63) is 34.4 Å². The number of nitro groups is 1. The van der Waals surface area contributed by atoms with Crippen LogP contribution in [0.2, 0.25) is 0 Å². The molecule has 0 bridgehead atoms. The van der Waals surface area contributed by atoms with Gasteiger partial charge in [-0.2, -0.15) is 0 Å². The van der Waals surface area contributed by atoms with Gasteiger partial charge in [0.2, 0.25) is 12.2 Å². The van der Waals surface area contributed by atoms with E-state index in [2.05, 4.69) is 5.32 Å². The summed E-state index contributed by atoms with van der Waals surface area (Å²) in [7, 11) is 0. The Morgan fingerprint density at radius 1 is 0.971 bits per heavy atom. The van der Waals surface area contributed by atoms with Crippen molar-refractivity contribution in [3.8, 4) is 5.75 Å². The summed E-state index contributed by atoms with van der Waals surface area (Å²) in [6.45, 7) is -0.000197. The number of ether oxygens (including phenoxy) is 4. The van der Waals surface area contributed by atoms with E-state index in [1.54, 1.807) is 0 Å². The molecule has 2 saturated heterocycles. The minimum atomic E-state index is -1.70. The molecule has 0 aliphatic carbocycles. The fourth-order valence-electron chi connectivity index (χ4n) is 3.73. The second-order valence-corrected chi connectivity index (χ2v) is 8.15. The zero-order valence-electron chi connectivity index (χ0n) is 18.5. The summed E-state index contributed by atoms with van der Waals surface area (Å²) in [6, 6.07) is 3.68. The number of carbonyl (C=O) groups excluding carboxylic acids is 1. The maximum absolute atomic E-state index is 11.6. The van der Waals surface area contributed by atoms with Crippen LogP contribution >= 0.6 is 0 Å². The van der Waals surface area contributed by atoms with Crippen LogP contribution in [0.25, 0.3) is 0 Å². The molecule has 7 N–H and O–H groups in total. The van der Waals surface area contributed by atoms with Crippen molar-refractivity contribution in [2.24, 2.45) is 0 Å². The van der Waals surface area contributed by atoms with Crippen molar-refractivity contribution in [3.63, 3.8) is 0 Å². The van der Waals surface area contributed by atoms with Crippen LogP contribution < -0.4 is 10.1 Å². The average Bonchev–Trinajstić information content (AvgIpc) is 2.82. The molecule has 0 spiro atoms. The number of nitrogens with one attached hydrogen (secondary N) is 1. The zero-order chi connectivity index (χ0) is 25.9. The highest BCUT2D eigenvalue weighted by Gasteiger charge is 2.48. The first-order valence-electron chi connectivity index (χ1n) is 10.7. The molecule has 2 fully saturated rings. The SMILES string of the molecule is CC(=O)N[C@H]1[C@H](Oc2ccc([N+](=O)[O-])cc2)O[C@H](CO[C@@H]2O[C@H](CO)[C@H](O)[C@H](O)[C@H]2O)[C@H](O)[C@@H]1O. The molecule has 1 aromatic carbocycles. The van der Waals surface area contributed by atoms with Crippen LogP contribution in [-0.4, -0.2) is 116 Å². The molecule has 0 unspecified atom stereocenters. The van der Waals surface area contributed by atoms with E-state index in [1.165, 1.54) is 31.2 Å². The van der Waals surface area contributed by atoms with E-state index in [0.29, 0.717) is 0 Å². The van der Waals surface area contributed by atoms with Crippen LogP contribution in [0.5, 0.6) is 5.75 Å². The van der Waals surface area contributed by atoms with Gasteiger partial charge >= 0.3 is 0 Å². The summed E-state index contributed by atoms with van der Waals surface area (Å²) < 4.78 is 22.0. The molecule has 2 aliphatic heterocycles. The molecule has 1 aromatic rings. The molecule has 196 valence electrons. The topological polar surface area (TPSA) is 231 Å². The number of amides is 1. The van der Waals surface area contributed by atoms with Gasteiger partial charge in [0, 0.05) is 19.1 Å². The number of hydrogen-bond donors (Lipinski definition) is 7. The molecule has 0 saturated carbocycles. The standard InChI is InChI=1S/C20H28N2O13/c1-8(24)21-13-16(27)15(26)12(7-32-20-18(29)17(28)14(25)11(6-23)34-20)35-19(13)33-10-4-2-9(3-5-10)22(30)31/h2-5,11-20,23,25-29H,6-7H2,1H3,(H,21,24)/t11-,12-,13-,14+,15+,16-,17+,18-,19-,20-/m1/s1. The number of nitrogens with zero attached hydrogens (tertiary/aromatic N) is 1. The molecule has 35 heavy (non-hydrogen) atoms. The van der Waals surface area contributed by atoms with Gasteiger partial charge in [0.1, 0.15) is 54.5 Å².